The molecule has 2 atom stereocenters. The van der Waals surface area contributed by atoms with Gasteiger partial charge in [0.2, 0.25) is 0 Å². The summed E-state index contributed by atoms with van der Waals surface area (Å²) in [6.45, 7) is 11.9. The summed E-state index contributed by atoms with van der Waals surface area (Å²) in [6, 6.07) is 8.35. The Morgan fingerprint density at radius 2 is 1.71 bits per heavy atom. The van der Waals surface area contributed by atoms with Crippen molar-refractivity contribution in [2.24, 2.45) is 5.41 Å². The van der Waals surface area contributed by atoms with Gasteiger partial charge in [-0.25, -0.2) is 4.79 Å². The quantitative estimate of drug-likeness (QED) is 0.351. The summed E-state index contributed by atoms with van der Waals surface area (Å²) in [5, 5.41) is -5.00. The van der Waals surface area contributed by atoms with E-state index in [9.17, 15) is 22.0 Å². The van der Waals surface area contributed by atoms with Crippen molar-refractivity contribution in [1.29, 1.82) is 0 Å². The van der Waals surface area contributed by atoms with E-state index in [0.717, 1.165) is 24.0 Å². The summed E-state index contributed by atoms with van der Waals surface area (Å²) >= 11 is 0. The van der Waals surface area contributed by atoms with E-state index in [1.54, 1.807) is 6.92 Å². The molecule has 31 heavy (non-hydrogen) atoms. The van der Waals surface area contributed by atoms with E-state index >= 15 is 0 Å². The van der Waals surface area contributed by atoms with E-state index in [0.29, 0.717) is 6.42 Å². The number of rotatable bonds is 6. The Kier molecular flexibility index (Phi) is 6.80. The monoisotopic (exact) mass is 458 g/mol. The molecule has 8 heteroatoms. The lowest BCUT2D eigenvalue weighted by Gasteiger charge is -2.43. The van der Waals surface area contributed by atoms with Gasteiger partial charge in [0, 0.05) is 5.41 Å². The summed E-state index contributed by atoms with van der Waals surface area (Å²) in [6.07, 6.45) is 3.98. The fourth-order valence-corrected chi connectivity index (χ4v) is 4.64. The number of benzene rings is 1. The Morgan fingerprint density at radius 1 is 1.16 bits per heavy atom. The molecule has 0 spiro atoms. The molecule has 0 saturated heterocycles. The van der Waals surface area contributed by atoms with Gasteiger partial charge < -0.3 is 4.74 Å². The number of allylic oxidation sites excluding steroid dienone is 1. The molecule has 1 aromatic rings. The number of alkyl halides is 2. The van der Waals surface area contributed by atoms with Crippen LogP contribution in [0.1, 0.15) is 71.9 Å². The van der Waals surface area contributed by atoms with Gasteiger partial charge in [0.15, 0.2) is 0 Å². The first-order valence-electron chi connectivity index (χ1n) is 10.3. The third-order valence-electron chi connectivity index (χ3n) is 5.96. The van der Waals surface area contributed by atoms with Gasteiger partial charge in [0.1, 0.15) is 6.61 Å². The molecule has 1 aliphatic carbocycles. The zero-order chi connectivity index (χ0) is 23.9. The SMILES string of the molecule is CCC1=CC(C)(COC(=O)C(F)(F)S(=O)(=O)O)CC(C)(c2ccc(C(C)(C)C)cc2)C1. The van der Waals surface area contributed by atoms with Crippen LogP contribution in [0.15, 0.2) is 35.9 Å². The van der Waals surface area contributed by atoms with Crippen LogP contribution in [0.4, 0.5) is 8.78 Å². The minimum Gasteiger partial charge on any atom is -0.459 e. The van der Waals surface area contributed by atoms with E-state index in [1.165, 1.54) is 5.56 Å². The van der Waals surface area contributed by atoms with Crippen molar-refractivity contribution in [3.8, 4) is 0 Å². The fourth-order valence-electron chi connectivity index (χ4n) is 4.37. The molecule has 5 nitrogen and oxygen atoms in total. The van der Waals surface area contributed by atoms with E-state index < -0.39 is 33.4 Å². The second kappa shape index (κ2) is 8.28. The maximum atomic E-state index is 13.6. The lowest BCUT2D eigenvalue weighted by molar-refractivity contribution is -0.164. The molecule has 0 heterocycles. The minimum absolute atomic E-state index is 0.0153. The van der Waals surface area contributed by atoms with Gasteiger partial charge in [-0.2, -0.15) is 17.2 Å². The first kappa shape index (κ1) is 25.5. The number of carbonyl (C=O) groups excluding carboxylic acids is 1. The van der Waals surface area contributed by atoms with Crippen LogP contribution in [-0.2, 0) is 30.5 Å². The molecule has 0 amide bonds. The zero-order valence-corrected chi connectivity index (χ0v) is 19.8. The fraction of sp³-hybridized carbons (Fsp3) is 0.609. The van der Waals surface area contributed by atoms with Crippen LogP contribution in [0.5, 0.6) is 0 Å². The maximum absolute atomic E-state index is 13.6. The summed E-state index contributed by atoms with van der Waals surface area (Å²) < 4.78 is 62.1. The molecule has 2 rings (SSSR count). The number of halogens is 2. The molecule has 0 radical (unpaired) electrons. The summed E-state index contributed by atoms with van der Waals surface area (Å²) in [7, 11) is -5.90. The van der Waals surface area contributed by atoms with Gasteiger partial charge >= 0.3 is 21.3 Å². The van der Waals surface area contributed by atoms with Crippen LogP contribution in [0.2, 0.25) is 0 Å². The Labute approximate surface area is 183 Å². The van der Waals surface area contributed by atoms with E-state index in [1.807, 2.05) is 13.0 Å². The minimum atomic E-state index is -5.90. The van der Waals surface area contributed by atoms with Crippen molar-refractivity contribution >= 4 is 16.1 Å². The van der Waals surface area contributed by atoms with Crippen LogP contribution in [-0.4, -0.2) is 30.8 Å². The van der Waals surface area contributed by atoms with Gasteiger partial charge in [-0.1, -0.05) is 77.5 Å². The standard InChI is InChI=1S/C23H32F2O5S/c1-7-16-12-21(5,15-30-19(26)23(24,25)31(27,28)29)14-22(6,13-16)18-10-8-17(9-11-18)20(2,3)4/h8-12H,7,13-15H2,1-6H3,(H,27,28,29). The molecule has 0 aromatic heterocycles. The van der Waals surface area contributed by atoms with Gasteiger partial charge in [0.25, 0.3) is 0 Å². The Hall–Kier alpha value is -1.80. The van der Waals surface area contributed by atoms with Crippen molar-refractivity contribution in [3.63, 3.8) is 0 Å². The number of hydrogen-bond acceptors (Lipinski definition) is 4. The van der Waals surface area contributed by atoms with Crippen LogP contribution < -0.4 is 0 Å². The predicted molar refractivity (Wildman–Crippen MR) is 116 cm³/mol. The summed E-state index contributed by atoms with van der Waals surface area (Å²) in [4.78, 5) is 11.7. The summed E-state index contributed by atoms with van der Waals surface area (Å²) in [5.41, 5.74) is 2.33. The molecule has 0 aliphatic heterocycles. The Morgan fingerprint density at radius 3 is 2.16 bits per heavy atom. The highest BCUT2D eigenvalue weighted by Crippen LogP contribution is 2.48. The maximum Gasteiger partial charge on any atom is 0.465 e. The van der Waals surface area contributed by atoms with Crippen LogP contribution >= 0.6 is 0 Å². The average molecular weight is 459 g/mol. The molecule has 0 bridgehead atoms. The van der Waals surface area contributed by atoms with E-state index in [2.05, 4.69) is 56.7 Å². The first-order chi connectivity index (χ1) is 13.9. The van der Waals surface area contributed by atoms with Gasteiger partial charge in [-0.3, -0.25) is 4.55 Å². The lowest BCUT2D eigenvalue weighted by Crippen LogP contribution is -2.42. The van der Waals surface area contributed by atoms with Crippen LogP contribution in [0, 0.1) is 5.41 Å². The highest BCUT2D eigenvalue weighted by molar-refractivity contribution is 7.87. The largest absolute Gasteiger partial charge is 0.465 e. The van der Waals surface area contributed by atoms with Crippen LogP contribution in [0.3, 0.4) is 0 Å². The number of ether oxygens (including phenoxy) is 1. The van der Waals surface area contributed by atoms with E-state index in [4.69, 9.17) is 4.55 Å². The predicted octanol–water partition coefficient (Wildman–Crippen LogP) is 5.40. The second-order valence-corrected chi connectivity index (χ2v) is 11.6. The Bertz CT molecular complexity index is 961. The van der Waals surface area contributed by atoms with Crippen LogP contribution in [0.25, 0.3) is 0 Å². The number of carbonyl (C=O) groups is 1. The van der Waals surface area contributed by atoms with Crippen molar-refractivity contribution in [2.45, 2.75) is 76.9 Å². The van der Waals surface area contributed by atoms with Gasteiger partial charge in [-0.15, -0.1) is 0 Å². The molecule has 0 fully saturated rings. The normalized spacial score (nSPS) is 25.1. The second-order valence-electron chi connectivity index (χ2n) is 10.1. The smallest absolute Gasteiger partial charge is 0.459 e. The third-order valence-corrected chi connectivity index (χ3v) is 6.78. The highest BCUT2D eigenvalue weighted by Gasteiger charge is 2.54. The number of esters is 1. The van der Waals surface area contributed by atoms with Crippen molar-refractivity contribution in [3.05, 3.63) is 47.0 Å². The molecule has 1 aliphatic rings. The lowest BCUT2D eigenvalue weighted by atomic mass is 9.62. The van der Waals surface area contributed by atoms with Crippen molar-refractivity contribution in [2.75, 3.05) is 6.61 Å². The third kappa shape index (κ3) is 5.52. The molecule has 0 saturated carbocycles. The molecular weight excluding hydrogens is 426 g/mol. The zero-order valence-electron chi connectivity index (χ0n) is 19.0. The molecule has 174 valence electrons. The number of hydrogen-bond donors (Lipinski definition) is 1. The topological polar surface area (TPSA) is 80.7 Å². The molecule has 1 aromatic carbocycles. The van der Waals surface area contributed by atoms with E-state index in [-0.39, 0.29) is 10.8 Å². The van der Waals surface area contributed by atoms with Crippen molar-refractivity contribution in [1.82, 2.24) is 0 Å². The highest BCUT2D eigenvalue weighted by atomic mass is 32.2. The average Bonchev–Trinajstić information content (AvgIpc) is 2.64. The Balaban J connectivity index is 2.30. The summed E-state index contributed by atoms with van der Waals surface area (Å²) in [5.74, 6) is -2.27. The first-order valence-corrected chi connectivity index (χ1v) is 11.7. The molecular formula is C23H32F2O5S. The van der Waals surface area contributed by atoms with Gasteiger partial charge in [0.05, 0.1) is 0 Å². The molecule has 1 N–H and O–H groups in total. The van der Waals surface area contributed by atoms with Crippen molar-refractivity contribution < 1.29 is 31.3 Å². The molecule has 2 unspecified atom stereocenters. The van der Waals surface area contributed by atoms with Gasteiger partial charge in [-0.05, 0) is 41.2 Å².